The zero-order valence-electron chi connectivity index (χ0n) is 33.5. The summed E-state index contributed by atoms with van der Waals surface area (Å²) in [5.74, 6) is 0. The highest BCUT2D eigenvalue weighted by Gasteiger charge is 2.27. The monoisotopic (exact) mass is 792 g/mol. The minimum atomic E-state index is 0.811. The molecule has 3 heterocycles. The topological polar surface area (TPSA) is 34.5 Å². The molecule has 0 aliphatic rings. The van der Waals surface area contributed by atoms with Gasteiger partial charge in [-0.1, -0.05) is 152 Å². The molecule has 4 nitrogen and oxygen atoms in total. The SMILES string of the molecule is c1ccc(-n2c3ccccc3c3cccc(-c4ccc5c(oc6ccccc65)c4N(c4ccc(-c5cccc6ccccc56)cc4)c4ccc5c(c4)oc4ccccc45)c32)cc1. The van der Waals surface area contributed by atoms with Crippen molar-refractivity contribution >= 4 is 93.5 Å². The fourth-order valence-electron chi connectivity index (χ4n) is 9.82. The van der Waals surface area contributed by atoms with E-state index in [1.54, 1.807) is 0 Å². The number of nitrogens with zero attached hydrogens (tertiary/aromatic N) is 2. The van der Waals surface area contributed by atoms with E-state index in [0.717, 1.165) is 94.4 Å². The molecule has 0 aliphatic heterocycles. The highest BCUT2D eigenvalue weighted by Crippen LogP contribution is 2.50. The van der Waals surface area contributed by atoms with Crippen molar-refractivity contribution in [1.82, 2.24) is 4.57 Å². The Hall–Kier alpha value is -8.34. The summed E-state index contributed by atoms with van der Waals surface area (Å²) in [5, 5.41) is 9.14. The third-order valence-corrected chi connectivity index (χ3v) is 12.6. The van der Waals surface area contributed by atoms with Gasteiger partial charge < -0.3 is 18.3 Å². The van der Waals surface area contributed by atoms with Gasteiger partial charge in [-0.3, -0.25) is 0 Å². The van der Waals surface area contributed by atoms with Crippen LogP contribution in [0.3, 0.4) is 0 Å². The van der Waals surface area contributed by atoms with Crippen LogP contribution in [0.25, 0.3) is 104 Å². The van der Waals surface area contributed by atoms with Gasteiger partial charge in [0.15, 0.2) is 5.58 Å². The molecule has 0 unspecified atom stereocenters. The molecular formula is C58H36N2O2. The minimum absolute atomic E-state index is 0.811. The number of hydrogen-bond donors (Lipinski definition) is 0. The Balaban J connectivity index is 1.13. The van der Waals surface area contributed by atoms with Gasteiger partial charge in [0, 0.05) is 60.9 Å². The Kier molecular flexibility index (Phi) is 7.57. The maximum absolute atomic E-state index is 7.06. The number of para-hydroxylation sites is 5. The van der Waals surface area contributed by atoms with E-state index in [0.29, 0.717) is 0 Å². The van der Waals surface area contributed by atoms with Crippen LogP contribution in [0.2, 0.25) is 0 Å². The van der Waals surface area contributed by atoms with Crippen LogP contribution in [0.1, 0.15) is 0 Å². The molecule has 0 saturated heterocycles. The molecule has 0 atom stereocenters. The molecule has 4 heteroatoms. The van der Waals surface area contributed by atoms with Gasteiger partial charge in [0.25, 0.3) is 0 Å². The second-order valence-electron chi connectivity index (χ2n) is 16.0. The minimum Gasteiger partial charge on any atom is -0.456 e. The molecule has 13 rings (SSSR count). The predicted molar refractivity (Wildman–Crippen MR) is 258 cm³/mol. The van der Waals surface area contributed by atoms with Crippen molar-refractivity contribution in [2.45, 2.75) is 0 Å². The molecule has 0 saturated carbocycles. The third-order valence-electron chi connectivity index (χ3n) is 12.6. The molecule has 0 bridgehead atoms. The molecule has 62 heavy (non-hydrogen) atoms. The molecule has 0 N–H and O–H groups in total. The van der Waals surface area contributed by atoms with Gasteiger partial charge in [-0.15, -0.1) is 0 Å². The lowest BCUT2D eigenvalue weighted by atomic mass is 9.96. The highest BCUT2D eigenvalue weighted by atomic mass is 16.3. The lowest BCUT2D eigenvalue weighted by molar-refractivity contribution is 0.667. The molecule has 0 fully saturated rings. The quantitative estimate of drug-likeness (QED) is 0.168. The lowest BCUT2D eigenvalue weighted by Gasteiger charge is -2.28. The van der Waals surface area contributed by atoms with E-state index in [4.69, 9.17) is 8.83 Å². The fourth-order valence-corrected chi connectivity index (χ4v) is 9.82. The van der Waals surface area contributed by atoms with E-state index in [-0.39, 0.29) is 0 Å². The fraction of sp³-hybridized carbons (Fsp3) is 0. The lowest BCUT2D eigenvalue weighted by Crippen LogP contribution is -2.12. The summed E-state index contributed by atoms with van der Waals surface area (Å²) in [4.78, 5) is 2.37. The molecule has 13 aromatic rings. The number of rotatable bonds is 6. The molecule has 0 amide bonds. The van der Waals surface area contributed by atoms with Crippen molar-refractivity contribution in [2.24, 2.45) is 0 Å². The number of anilines is 3. The van der Waals surface area contributed by atoms with E-state index in [1.165, 1.54) is 27.1 Å². The van der Waals surface area contributed by atoms with E-state index >= 15 is 0 Å². The van der Waals surface area contributed by atoms with Crippen LogP contribution in [0.5, 0.6) is 0 Å². The molecule has 290 valence electrons. The second-order valence-corrected chi connectivity index (χ2v) is 16.0. The van der Waals surface area contributed by atoms with Crippen molar-refractivity contribution in [3.8, 4) is 27.9 Å². The van der Waals surface area contributed by atoms with Gasteiger partial charge in [0.2, 0.25) is 0 Å². The molecule has 0 aliphatic carbocycles. The van der Waals surface area contributed by atoms with Crippen molar-refractivity contribution < 1.29 is 8.83 Å². The van der Waals surface area contributed by atoms with E-state index in [1.807, 2.05) is 18.2 Å². The van der Waals surface area contributed by atoms with Crippen LogP contribution in [0.4, 0.5) is 17.1 Å². The molecule has 0 radical (unpaired) electrons. The standard InChI is InChI=1S/C58H36N2O2/c1-2-16-39(17-3-1)60-52-25-9-6-19-44(52)48-23-13-24-49(56(48)60)50-34-35-51-46-21-8-11-27-54(46)62-58(51)57(50)59(41-32-33-47-45-20-7-10-26-53(45)61-55(47)36-41)40-30-28-38(29-31-40)43-22-12-15-37-14-4-5-18-42(37)43/h1-36H. The Morgan fingerprint density at radius 1 is 0.355 bits per heavy atom. The van der Waals surface area contributed by atoms with Gasteiger partial charge >= 0.3 is 0 Å². The number of hydrogen-bond acceptors (Lipinski definition) is 3. The van der Waals surface area contributed by atoms with Crippen LogP contribution < -0.4 is 4.90 Å². The first-order valence-corrected chi connectivity index (χ1v) is 21.1. The summed E-state index contributed by atoms with van der Waals surface area (Å²) < 4.78 is 16.1. The normalized spacial score (nSPS) is 11.9. The zero-order chi connectivity index (χ0) is 40.7. The van der Waals surface area contributed by atoms with Crippen molar-refractivity contribution in [3.05, 3.63) is 218 Å². The summed E-state index contributed by atoms with van der Waals surface area (Å²) in [6, 6.07) is 78.0. The average molecular weight is 793 g/mol. The number of furan rings is 2. The second kappa shape index (κ2) is 13.6. The van der Waals surface area contributed by atoms with Crippen LogP contribution in [-0.2, 0) is 0 Å². The van der Waals surface area contributed by atoms with Gasteiger partial charge in [-0.2, -0.15) is 0 Å². The third kappa shape index (κ3) is 5.20. The van der Waals surface area contributed by atoms with Gasteiger partial charge in [-0.05, 0) is 82.6 Å². The van der Waals surface area contributed by atoms with Crippen molar-refractivity contribution in [2.75, 3.05) is 4.90 Å². The number of aromatic nitrogens is 1. The van der Waals surface area contributed by atoms with Gasteiger partial charge in [0.1, 0.15) is 16.7 Å². The van der Waals surface area contributed by atoms with Crippen LogP contribution in [-0.4, -0.2) is 4.57 Å². The Labute approximate surface area is 356 Å². The van der Waals surface area contributed by atoms with Crippen LogP contribution in [0.15, 0.2) is 227 Å². The summed E-state index contributed by atoms with van der Waals surface area (Å²) in [6.07, 6.45) is 0. The number of fused-ring (bicyclic) bond motifs is 10. The summed E-state index contributed by atoms with van der Waals surface area (Å²) in [5.41, 5.74) is 14.1. The molecule has 3 aromatic heterocycles. The van der Waals surface area contributed by atoms with Crippen LogP contribution in [0, 0.1) is 0 Å². The van der Waals surface area contributed by atoms with E-state index in [9.17, 15) is 0 Å². The first kappa shape index (κ1) is 34.5. The van der Waals surface area contributed by atoms with Gasteiger partial charge in [-0.25, -0.2) is 0 Å². The maximum atomic E-state index is 7.06. The zero-order valence-corrected chi connectivity index (χ0v) is 33.5. The Morgan fingerprint density at radius 2 is 0.952 bits per heavy atom. The first-order chi connectivity index (χ1) is 30.8. The first-order valence-electron chi connectivity index (χ1n) is 21.1. The average Bonchev–Trinajstić information content (AvgIpc) is 4.02. The summed E-state index contributed by atoms with van der Waals surface area (Å²) in [6.45, 7) is 0. The molecular weight excluding hydrogens is 757 g/mol. The molecule has 10 aromatic carbocycles. The van der Waals surface area contributed by atoms with Crippen LogP contribution >= 0.6 is 0 Å². The summed E-state index contributed by atoms with van der Waals surface area (Å²) in [7, 11) is 0. The smallest absolute Gasteiger partial charge is 0.160 e. The van der Waals surface area contributed by atoms with Gasteiger partial charge in [0.05, 0.1) is 22.4 Å². The van der Waals surface area contributed by atoms with Crippen molar-refractivity contribution in [3.63, 3.8) is 0 Å². The largest absolute Gasteiger partial charge is 0.456 e. The predicted octanol–water partition coefficient (Wildman–Crippen LogP) is 16.5. The molecule has 0 spiro atoms. The summed E-state index contributed by atoms with van der Waals surface area (Å²) >= 11 is 0. The maximum Gasteiger partial charge on any atom is 0.160 e. The van der Waals surface area contributed by atoms with E-state index in [2.05, 4.69) is 210 Å². The van der Waals surface area contributed by atoms with E-state index < -0.39 is 0 Å². The van der Waals surface area contributed by atoms with Crippen molar-refractivity contribution in [1.29, 1.82) is 0 Å². The Morgan fingerprint density at radius 3 is 1.79 bits per heavy atom. The number of benzene rings is 10. The highest BCUT2D eigenvalue weighted by molar-refractivity contribution is 6.19. The Bertz CT molecular complexity index is 3870.